The first-order valence-corrected chi connectivity index (χ1v) is 15.8. The van der Waals surface area contributed by atoms with Gasteiger partial charge in [-0.25, -0.2) is 21.6 Å². The van der Waals surface area contributed by atoms with Gasteiger partial charge in [-0.15, -0.1) is 0 Å². The molecular weight excluding hydrogens is 673 g/mol. The van der Waals surface area contributed by atoms with Gasteiger partial charge in [-0.2, -0.15) is 26.3 Å². The molecule has 0 bridgehead atoms. The second-order valence-electron chi connectivity index (χ2n) is 12.6. The number of rotatable bonds is 6. The minimum atomic E-state index is -6.49. The highest BCUT2D eigenvalue weighted by molar-refractivity contribution is 7.92. The topological polar surface area (TPSA) is 108 Å². The van der Waals surface area contributed by atoms with E-state index in [1.807, 2.05) is 0 Å². The number of fused-ring (bicyclic) bond motifs is 3. The lowest BCUT2D eigenvalue weighted by molar-refractivity contribution is -0.350. The molecule has 258 valence electrons. The lowest BCUT2D eigenvalue weighted by Gasteiger charge is -2.43. The number of aliphatic hydroxyl groups is 1. The van der Waals surface area contributed by atoms with Crippen LogP contribution in [0.5, 0.6) is 0 Å². The number of amides is 2. The predicted octanol–water partition coefficient (Wildman–Crippen LogP) is 4.44. The molecule has 2 fully saturated rings. The Bertz CT molecular complexity index is 1680. The van der Waals surface area contributed by atoms with E-state index in [1.54, 1.807) is 0 Å². The molecule has 2 saturated heterocycles. The van der Waals surface area contributed by atoms with E-state index in [1.165, 1.54) is 13.8 Å². The van der Waals surface area contributed by atoms with E-state index in [-0.39, 0.29) is 24.6 Å². The van der Waals surface area contributed by atoms with Crippen LogP contribution >= 0.6 is 0 Å². The van der Waals surface area contributed by atoms with Crippen LogP contribution in [0.15, 0.2) is 41.4 Å². The van der Waals surface area contributed by atoms with Crippen molar-refractivity contribution in [1.29, 1.82) is 0 Å². The maximum Gasteiger partial charge on any atom is 0.437 e. The number of aryl methyl sites for hydroxylation is 1. The van der Waals surface area contributed by atoms with Gasteiger partial charge in [-0.3, -0.25) is 14.6 Å². The van der Waals surface area contributed by atoms with Crippen LogP contribution in [0.25, 0.3) is 0 Å². The molecule has 18 heteroatoms. The fourth-order valence-corrected chi connectivity index (χ4v) is 9.27. The van der Waals surface area contributed by atoms with Gasteiger partial charge in [0.05, 0.1) is 22.2 Å². The Hall–Kier alpha value is -3.41. The molecule has 1 aromatic heterocycles. The van der Waals surface area contributed by atoms with Crippen molar-refractivity contribution in [1.82, 2.24) is 14.8 Å². The second kappa shape index (κ2) is 11.1. The summed E-state index contributed by atoms with van der Waals surface area (Å²) in [6.45, 7) is 1.79. The highest BCUT2D eigenvalue weighted by Gasteiger charge is 2.75. The first-order chi connectivity index (χ1) is 21.5. The van der Waals surface area contributed by atoms with Crippen LogP contribution < -0.4 is 0 Å². The van der Waals surface area contributed by atoms with Gasteiger partial charge in [-0.1, -0.05) is 0 Å². The number of likely N-dealkylation sites (tertiary alicyclic amines) is 2. The third kappa shape index (κ3) is 5.34. The number of nitrogens with zero attached hydrogens (tertiary/aromatic N) is 3. The van der Waals surface area contributed by atoms with Gasteiger partial charge in [-0.05, 0) is 74.6 Å². The van der Waals surface area contributed by atoms with Crippen molar-refractivity contribution in [3.63, 3.8) is 0 Å². The van der Waals surface area contributed by atoms with E-state index in [2.05, 4.69) is 4.98 Å². The number of carbonyl (C=O) groups is 2. The van der Waals surface area contributed by atoms with Crippen molar-refractivity contribution in [3.8, 4) is 0 Å². The first-order valence-electron chi connectivity index (χ1n) is 14.3. The maximum atomic E-state index is 15.0. The van der Waals surface area contributed by atoms with E-state index < -0.39 is 116 Å². The third-order valence-corrected chi connectivity index (χ3v) is 11.5. The molecule has 3 heterocycles. The number of hydrogen-bond acceptors (Lipinski definition) is 6. The van der Waals surface area contributed by atoms with E-state index >= 15 is 0 Å². The van der Waals surface area contributed by atoms with Crippen molar-refractivity contribution in [3.05, 3.63) is 59.2 Å². The number of pyridine rings is 1. The van der Waals surface area contributed by atoms with Crippen LogP contribution in [0.1, 0.15) is 49.9 Å². The quantitative estimate of drug-likeness (QED) is 0.353. The number of hydrogen-bond donors (Lipinski definition) is 1. The lowest BCUT2D eigenvalue weighted by atomic mass is 9.78. The molecule has 5 rings (SSSR count). The normalized spacial score (nSPS) is 25.6. The molecule has 1 aliphatic carbocycles. The predicted molar refractivity (Wildman–Crippen MR) is 144 cm³/mol. The minimum absolute atomic E-state index is 0.216. The average Bonchev–Trinajstić information content (AvgIpc) is 3.49. The molecule has 2 aromatic rings. The molecule has 2 aliphatic heterocycles. The summed E-state index contributed by atoms with van der Waals surface area (Å²) in [7, 11) is -4.78. The molecule has 0 radical (unpaired) electrons. The van der Waals surface area contributed by atoms with E-state index in [0.717, 1.165) is 34.1 Å². The molecule has 4 atom stereocenters. The summed E-state index contributed by atoms with van der Waals surface area (Å²) in [4.78, 5) is 31.1. The van der Waals surface area contributed by atoms with Gasteiger partial charge < -0.3 is 14.9 Å². The lowest BCUT2D eigenvalue weighted by Crippen LogP contribution is -2.56. The van der Waals surface area contributed by atoms with Crippen molar-refractivity contribution < 1.29 is 62.6 Å². The zero-order valence-corrected chi connectivity index (χ0v) is 25.5. The van der Waals surface area contributed by atoms with Crippen molar-refractivity contribution in [2.45, 2.75) is 91.1 Å². The summed E-state index contributed by atoms with van der Waals surface area (Å²) >= 11 is 0. The zero-order chi connectivity index (χ0) is 35.1. The smallest absolute Gasteiger partial charge is 0.389 e. The van der Waals surface area contributed by atoms with E-state index in [0.29, 0.717) is 6.20 Å². The molecule has 1 aromatic carbocycles. The minimum Gasteiger partial charge on any atom is -0.389 e. The summed E-state index contributed by atoms with van der Waals surface area (Å²) in [6, 6.07) is 0.783. The van der Waals surface area contributed by atoms with Gasteiger partial charge >= 0.3 is 18.0 Å². The second-order valence-corrected chi connectivity index (χ2v) is 14.8. The largest absolute Gasteiger partial charge is 0.437 e. The first kappa shape index (κ1) is 34.9. The Morgan fingerprint density at radius 2 is 1.66 bits per heavy atom. The van der Waals surface area contributed by atoms with E-state index in [4.69, 9.17) is 0 Å². The van der Waals surface area contributed by atoms with Crippen LogP contribution in [0.2, 0.25) is 0 Å². The summed E-state index contributed by atoms with van der Waals surface area (Å²) in [6.07, 6.45) is -16.6. The Labute approximate surface area is 262 Å². The van der Waals surface area contributed by atoms with Crippen molar-refractivity contribution in [2.24, 2.45) is 0 Å². The standard InChI is InChI=1S/C29H28F9N3O5S/c1-25(2,44)14-41-20(12-19(31)23(41)42)24(43)40-10-9-26(47(45,46)17-6-4-16(30)5-7-17)18-13-39-21(11-15(18)3-8-22(26)40)27(32,28(33,34)35)29(36,37)38/h4-7,11,13,19-20,22,44H,3,8-10,12,14H2,1-2H3/t19-,20-,22?,26?/m1/s1. The average molecular weight is 702 g/mol. The third-order valence-electron chi connectivity index (χ3n) is 8.99. The number of sulfone groups is 1. The zero-order valence-electron chi connectivity index (χ0n) is 24.7. The van der Waals surface area contributed by atoms with Crippen molar-refractivity contribution >= 4 is 21.7 Å². The van der Waals surface area contributed by atoms with Crippen molar-refractivity contribution in [2.75, 3.05) is 13.1 Å². The molecule has 8 nitrogen and oxygen atoms in total. The molecular formula is C29H28F9N3O5S. The van der Waals surface area contributed by atoms with Gasteiger partial charge in [0, 0.05) is 25.7 Å². The number of halogens is 9. The molecule has 0 saturated carbocycles. The number of alkyl halides is 8. The SMILES string of the molecule is CC(C)(O)CN1C(=O)[C@H](F)C[C@@H]1C(=O)N1CCC2(S(=O)(=O)c3ccc(F)cc3)c3cnc(C(F)(C(F)(F)F)C(F)(F)F)cc3CCC12. The Kier molecular flexibility index (Phi) is 8.22. The Morgan fingerprint density at radius 3 is 2.21 bits per heavy atom. The molecule has 1 N–H and O–H groups in total. The van der Waals surface area contributed by atoms with Crippen LogP contribution in [0.4, 0.5) is 39.5 Å². The summed E-state index contributed by atoms with van der Waals surface area (Å²) in [5, 5.41) is 10.3. The molecule has 2 amide bonds. The number of carbonyl (C=O) groups excluding carboxylic acids is 2. The van der Waals surface area contributed by atoms with Gasteiger partial charge in [0.2, 0.25) is 5.91 Å². The summed E-state index contributed by atoms with van der Waals surface area (Å²) < 4.78 is 151. The van der Waals surface area contributed by atoms with E-state index in [9.17, 15) is 62.6 Å². The van der Waals surface area contributed by atoms with Crippen LogP contribution in [-0.2, 0) is 36.3 Å². The van der Waals surface area contributed by atoms with Crippen LogP contribution in [0, 0.1) is 5.82 Å². The van der Waals surface area contributed by atoms with Gasteiger partial charge in [0.15, 0.2) is 16.0 Å². The highest BCUT2D eigenvalue weighted by atomic mass is 32.2. The Morgan fingerprint density at radius 1 is 1.06 bits per heavy atom. The molecule has 3 aliphatic rings. The molecule has 47 heavy (non-hydrogen) atoms. The Balaban J connectivity index is 1.66. The number of aromatic nitrogens is 1. The summed E-state index contributed by atoms with van der Waals surface area (Å²) in [5.41, 5.74) is -10.3. The number of benzene rings is 1. The molecule has 2 unspecified atom stereocenters. The molecule has 0 spiro atoms. The van der Waals surface area contributed by atoms with Crippen LogP contribution in [0.3, 0.4) is 0 Å². The van der Waals surface area contributed by atoms with Gasteiger partial charge in [0.25, 0.3) is 5.91 Å². The van der Waals surface area contributed by atoms with Gasteiger partial charge in [0.1, 0.15) is 16.6 Å². The van der Waals surface area contributed by atoms with Crippen LogP contribution in [-0.4, -0.2) is 89.4 Å². The fourth-order valence-electron chi connectivity index (χ4n) is 6.91. The maximum absolute atomic E-state index is 15.0. The highest BCUT2D eigenvalue weighted by Crippen LogP contribution is 2.56. The number of β-amino-alcohol motifs (C(OH)–C–C–N with tert-alkyl or cyclic N) is 1. The fraction of sp³-hybridized carbons (Fsp3) is 0.552. The summed E-state index contributed by atoms with van der Waals surface area (Å²) in [5.74, 6) is -2.80. The monoisotopic (exact) mass is 701 g/mol.